The molecule has 1 aliphatic rings. The summed E-state index contributed by atoms with van der Waals surface area (Å²) in [6, 6.07) is 12.2. The van der Waals surface area contributed by atoms with E-state index < -0.39 is 0 Å². The maximum absolute atomic E-state index is 13.3. The van der Waals surface area contributed by atoms with Gasteiger partial charge in [-0.25, -0.2) is 9.37 Å². The van der Waals surface area contributed by atoms with Crippen molar-refractivity contribution in [2.45, 2.75) is 18.9 Å². The van der Waals surface area contributed by atoms with Crippen LogP contribution in [0.15, 0.2) is 42.5 Å². The van der Waals surface area contributed by atoms with Crippen molar-refractivity contribution in [2.75, 3.05) is 38.7 Å². The molecule has 1 amide bonds. The van der Waals surface area contributed by atoms with Crippen LogP contribution in [0.2, 0.25) is 0 Å². The van der Waals surface area contributed by atoms with Crippen LogP contribution in [0.5, 0.6) is 0 Å². The van der Waals surface area contributed by atoms with E-state index in [1.807, 2.05) is 48.2 Å². The van der Waals surface area contributed by atoms with Gasteiger partial charge in [0.25, 0.3) is 0 Å². The molecule has 0 aliphatic carbocycles. The third kappa shape index (κ3) is 4.58. The van der Waals surface area contributed by atoms with Gasteiger partial charge in [-0.2, -0.15) is 0 Å². The fourth-order valence-electron chi connectivity index (χ4n) is 3.02. The lowest BCUT2D eigenvalue weighted by Gasteiger charge is -2.33. The van der Waals surface area contributed by atoms with Crippen molar-refractivity contribution < 1.29 is 13.9 Å². The van der Waals surface area contributed by atoms with Crippen LogP contribution in [0.4, 0.5) is 10.2 Å². The average Bonchev–Trinajstić information content (AvgIpc) is 2.66. The molecule has 0 radical (unpaired) electrons. The monoisotopic (exact) mass is 357 g/mol. The van der Waals surface area contributed by atoms with Crippen molar-refractivity contribution in [3.8, 4) is 0 Å². The molecule has 26 heavy (non-hydrogen) atoms. The molecule has 1 atom stereocenters. The highest BCUT2D eigenvalue weighted by Gasteiger charge is 2.26. The first kappa shape index (κ1) is 18.3. The number of nitrogens with zero attached hydrogens (tertiary/aromatic N) is 3. The molecule has 0 bridgehead atoms. The highest BCUT2D eigenvalue weighted by Crippen LogP contribution is 2.23. The Morgan fingerprint density at radius 2 is 2.12 bits per heavy atom. The first-order valence-electron chi connectivity index (χ1n) is 8.81. The van der Waals surface area contributed by atoms with Crippen LogP contribution in [-0.2, 0) is 16.0 Å². The molecule has 0 saturated carbocycles. The van der Waals surface area contributed by atoms with Crippen LogP contribution in [-0.4, -0.2) is 49.6 Å². The zero-order valence-electron chi connectivity index (χ0n) is 15.2. The summed E-state index contributed by atoms with van der Waals surface area (Å²) < 4.78 is 19.1. The fraction of sp³-hybridized carbons (Fsp3) is 0.400. The summed E-state index contributed by atoms with van der Waals surface area (Å²) in [5.41, 5.74) is 1.67. The Morgan fingerprint density at radius 1 is 1.31 bits per heavy atom. The van der Waals surface area contributed by atoms with Crippen LogP contribution in [0.25, 0.3) is 0 Å². The van der Waals surface area contributed by atoms with E-state index in [-0.39, 0.29) is 17.8 Å². The lowest BCUT2D eigenvalue weighted by Crippen LogP contribution is -2.42. The molecule has 2 aromatic rings. The van der Waals surface area contributed by atoms with Gasteiger partial charge in [0.1, 0.15) is 17.7 Å². The molecular formula is C20H24FN3O2. The predicted molar refractivity (Wildman–Crippen MR) is 98.6 cm³/mol. The van der Waals surface area contributed by atoms with E-state index in [0.29, 0.717) is 32.5 Å². The van der Waals surface area contributed by atoms with E-state index in [2.05, 4.69) is 4.98 Å². The molecule has 0 unspecified atom stereocenters. The summed E-state index contributed by atoms with van der Waals surface area (Å²) in [5, 5.41) is 0. The van der Waals surface area contributed by atoms with Gasteiger partial charge in [0.15, 0.2) is 0 Å². The zero-order chi connectivity index (χ0) is 18.5. The number of morpholine rings is 1. The van der Waals surface area contributed by atoms with Crippen molar-refractivity contribution in [1.29, 1.82) is 0 Å². The third-order valence-electron chi connectivity index (χ3n) is 4.48. The van der Waals surface area contributed by atoms with E-state index in [0.717, 1.165) is 17.1 Å². The largest absolute Gasteiger partial charge is 0.368 e. The summed E-state index contributed by atoms with van der Waals surface area (Å²) in [5.74, 6) is 0.653. The zero-order valence-corrected chi connectivity index (χ0v) is 15.2. The second-order valence-electron chi connectivity index (χ2n) is 6.64. The summed E-state index contributed by atoms with van der Waals surface area (Å²) >= 11 is 0. The highest BCUT2D eigenvalue weighted by atomic mass is 19.1. The number of hydrogen-bond donors (Lipinski definition) is 0. The molecule has 138 valence electrons. The smallest absolute Gasteiger partial charge is 0.223 e. The molecule has 1 aromatic carbocycles. The van der Waals surface area contributed by atoms with Crippen LogP contribution in [0.1, 0.15) is 23.8 Å². The average molecular weight is 357 g/mol. The van der Waals surface area contributed by atoms with E-state index in [4.69, 9.17) is 4.74 Å². The van der Waals surface area contributed by atoms with E-state index in [1.165, 1.54) is 12.1 Å². The number of amides is 1. The van der Waals surface area contributed by atoms with Crippen molar-refractivity contribution in [3.63, 3.8) is 0 Å². The molecule has 6 heteroatoms. The van der Waals surface area contributed by atoms with Gasteiger partial charge in [0.05, 0.1) is 18.8 Å². The van der Waals surface area contributed by atoms with Crippen LogP contribution in [0.3, 0.4) is 0 Å². The van der Waals surface area contributed by atoms with Gasteiger partial charge in [-0.3, -0.25) is 4.79 Å². The van der Waals surface area contributed by atoms with Gasteiger partial charge in [0, 0.05) is 27.1 Å². The molecule has 1 aliphatic heterocycles. The number of carbonyl (C=O) groups is 1. The molecule has 2 heterocycles. The lowest BCUT2D eigenvalue weighted by atomic mass is 10.1. The number of halogens is 1. The Hall–Kier alpha value is -2.47. The van der Waals surface area contributed by atoms with Crippen LogP contribution < -0.4 is 4.90 Å². The number of aromatic nitrogens is 1. The quantitative estimate of drug-likeness (QED) is 0.826. The van der Waals surface area contributed by atoms with Gasteiger partial charge < -0.3 is 14.5 Å². The van der Waals surface area contributed by atoms with E-state index in [1.54, 1.807) is 6.07 Å². The molecule has 0 N–H and O–H groups in total. The van der Waals surface area contributed by atoms with Crippen LogP contribution >= 0.6 is 0 Å². The SMILES string of the molecule is CN(C)c1cccc([C@@H]2CN(C(=O)CCc3cccc(F)c3)CCO2)n1. The molecule has 1 aromatic heterocycles. The maximum atomic E-state index is 13.3. The van der Waals surface area contributed by atoms with Gasteiger partial charge in [-0.15, -0.1) is 0 Å². The van der Waals surface area contributed by atoms with Crippen LogP contribution in [0, 0.1) is 5.82 Å². The van der Waals surface area contributed by atoms with Crippen molar-refractivity contribution in [3.05, 3.63) is 59.5 Å². The van der Waals surface area contributed by atoms with Gasteiger partial charge in [0.2, 0.25) is 5.91 Å². The Labute approximate surface area is 153 Å². The van der Waals surface area contributed by atoms with E-state index >= 15 is 0 Å². The Morgan fingerprint density at radius 3 is 2.88 bits per heavy atom. The second kappa shape index (κ2) is 8.27. The number of anilines is 1. The van der Waals surface area contributed by atoms with Gasteiger partial charge in [-0.1, -0.05) is 18.2 Å². The molecule has 5 nitrogen and oxygen atoms in total. The first-order chi connectivity index (χ1) is 12.5. The minimum atomic E-state index is -0.270. The van der Waals surface area contributed by atoms with Crippen molar-refractivity contribution >= 4 is 11.7 Å². The first-order valence-corrected chi connectivity index (χ1v) is 8.81. The standard InChI is InChI=1S/C20H24FN3O2/c1-23(2)19-8-4-7-17(22-19)18-14-24(11-12-26-18)20(25)10-9-15-5-3-6-16(21)13-15/h3-8,13,18H,9-12,14H2,1-2H3/t18-/m0/s1. The van der Waals surface area contributed by atoms with Gasteiger partial charge >= 0.3 is 0 Å². The Bertz CT molecular complexity index is 766. The minimum Gasteiger partial charge on any atom is -0.368 e. The summed E-state index contributed by atoms with van der Waals surface area (Å²) in [6.07, 6.45) is 0.677. The fourth-order valence-corrected chi connectivity index (χ4v) is 3.02. The summed E-state index contributed by atoms with van der Waals surface area (Å²) in [7, 11) is 3.88. The molecule has 0 spiro atoms. The normalized spacial score (nSPS) is 17.2. The number of hydrogen-bond acceptors (Lipinski definition) is 4. The number of pyridine rings is 1. The molecule has 1 saturated heterocycles. The Balaban J connectivity index is 1.61. The highest BCUT2D eigenvalue weighted by molar-refractivity contribution is 5.76. The predicted octanol–water partition coefficient (Wildman–Crippen LogP) is 2.82. The third-order valence-corrected chi connectivity index (χ3v) is 4.48. The van der Waals surface area contributed by atoms with E-state index in [9.17, 15) is 9.18 Å². The minimum absolute atomic E-state index is 0.0614. The number of carbonyl (C=O) groups excluding carboxylic acids is 1. The topological polar surface area (TPSA) is 45.7 Å². The summed E-state index contributed by atoms with van der Waals surface area (Å²) in [6.45, 7) is 1.56. The Kier molecular flexibility index (Phi) is 5.83. The molecular weight excluding hydrogens is 333 g/mol. The maximum Gasteiger partial charge on any atom is 0.223 e. The second-order valence-corrected chi connectivity index (χ2v) is 6.64. The number of aryl methyl sites for hydroxylation is 1. The number of rotatable bonds is 5. The number of benzene rings is 1. The lowest BCUT2D eigenvalue weighted by molar-refractivity contribution is -0.139. The molecule has 3 rings (SSSR count). The van der Waals surface area contributed by atoms with Gasteiger partial charge in [-0.05, 0) is 36.2 Å². The number of ether oxygens (including phenoxy) is 1. The van der Waals surface area contributed by atoms with Crippen molar-refractivity contribution in [2.24, 2.45) is 0 Å². The molecule has 1 fully saturated rings. The summed E-state index contributed by atoms with van der Waals surface area (Å²) in [4.78, 5) is 20.9. The van der Waals surface area contributed by atoms with Crippen molar-refractivity contribution in [1.82, 2.24) is 9.88 Å².